The summed E-state index contributed by atoms with van der Waals surface area (Å²) < 4.78 is 0. The maximum atomic E-state index is 12.5. The smallest absolute Gasteiger partial charge is 0.233 e. The number of imide groups is 1. The lowest BCUT2D eigenvalue weighted by atomic mass is 9.81. The van der Waals surface area contributed by atoms with Crippen molar-refractivity contribution in [2.45, 2.75) is 45.1 Å². The van der Waals surface area contributed by atoms with Gasteiger partial charge in [-0.3, -0.25) is 19.3 Å². The molecule has 5 heteroatoms. The average Bonchev–Trinajstić information content (AvgIpc) is 3.03. The minimum Gasteiger partial charge on any atom is -0.350 e. The molecule has 2 fully saturated rings. The molecule has 0 unspecified atom stereocenters. The van der Waals surface area contributed by atoms with Crippen molar-refractivity contribution in [3.05, 3.63) is 60.2 Å². The number of fused-ring (bicyclic) bond motifs is 1. The quantitative estimate of drug-likeness (QED) is 0.737. The molecule has 30 heavy (non-hydrogen) atoms. The molecule has 1 aliphatic heterocycles. The van der Waals surface area contributed by atoms with E-state index in [2.05, 4.69) is 29.6 Å². The van der Waals surface area contributed by atoms with Crippen molar-refractivity contribution in [2.75, 3.05) is 6.54 Å². The predicted octanol–water partition coefficient (Wildman–Crippen LogP) is 4.10. The van der Waals surface area contributed by atoms with E-state index in [0.717, 1.165) is 42.4 Å². The van der Waals surface area contributed by atoms with Crippen LogP contribution in [0.25, 0.3) is 11.1 Å². The minimum atomic E-state index is -0.156. The molecule has 2 aliphatic rings. The Labute approximate surface area is 177 Å². The highest BCUT2D eigenvalue weighted by atomic mass is 16.2. The van der Waals surface area contributed by atoms with Crippen LogP contribution < -0.4 is 5.32 Å². The van der Waals surface area contributed by atoms with Gasteiger partial charge in [-0.2, -0.15) is 0 Å². The molecule has 1 aliphatic carbocycles. The highest BCUT2D eigenvalue weighted by Crippen LogP contribution is 2.38. The van der Waals surface area contributed by atoms with Crippen LogP contribution in [0.4, 0.5) is 0 Å². The Balaban J connectivity index is 1.31. The normalized spacial score (nSPS) is 22.0. The molecule has 1 saturated heterocycles. The maximum absolute atomic E-state index is 12.5. The zero-order valence-corrected chi connectivity index (χ0v) is 17.3. The summed E-state index contributed by atoms with van der Waals surface area (Å²) in [5, 5.41) is 2.98. The third-order valence-electron chi connectivity index (χ3n) is 6.39. The summed E-state index contributed by atoms with van der Waals surface area (Å²) in [5.74, 6) is -0.623. The van der Waals surface area contributed by atoms with Crippen molar-refractivity contribution in [3.63, 3.8) is 0 Å². The van der Waals surface area contributed by atoms with Gasteiger partial charge < -0.3 is 5.32 Å². The Kier molecular flexibility index (Phi) is 5.98. The number of rotatable bonds is 6. The summed E-state index contributed by atoms with van der Waals surface area (Å²) in [5.41, 5.74) is 3.30. The van der Waals surface area contributed by atoms with Gasteiger partial charge in [-0.05, 0) is 36.5 Å². The van der Waals surface area contributed by atoms with Crippen molar-refractivity contribution < 1.29 is 14.4 Å². The van der Waals surface area contributed by atoms with Crippen LogP contribution in [-0.4, -0.2) is 29.2 Å². The van der Waals surface area contributed by atoms with Crippen molar-refractivity contribution in [3.8, 4) is 11.1 Å². The molecule has 0 spiro atoms. The summed E-state index contributed by atoms with van der Waals surface area (Å²) in [6.07, 6.45) is 3.76. The van der Waals surface area contributed by atoms with Gasteiger partial charge in [0.1, 0.15) is 0 Å². The van der Waals surface area contributed by atoms with E-state index in [1.165, 1.54) is 4.90 Å². The molecule has 2 aromatic carbocycles. The molecule has 2 aromatic rings. The molecule has 0 bridgehead atoms. The molecule has 3 atom stereocenters. The van der Waals surface area contributed by atoms with E-state index in [1.54, 1.807) is 0 Å². The van der Waals surface area contributed by atoms with Crippen molar-refractivity contribution in [2.24, 2.45) is 11.8 Å². The van der Waals surface area contributed by atoms with Gasteiger partial charge in [-0.15, -0.1) is 0 Å². The molecule has 5 nitrogen and oxygen atoms in total. The topological polar surface area (TPSA) is 66.5 Å². The van der Waals surface area contributed by atoms with Crippen LogP contribution in [0, 0.1) is 11.8 Å². The number of nitrogens with one attached hydrogen (secondary N) is 1. The Bertz CT molecular complexity index is 899. The van der Waals surface area contributed by atoms with E-state index in [4.69, 9.17) is 0 Å². The molecule has 0 aromatic heterocycles. The molecule has 1 saturated carbocycles. The van der Waals surface area contributed by atoms with Crippen LogP contribution in [-0.2, 0) is 14.4 Å². The first-order chi connectivity index (χ1) is 14.5. The number of carbonyl (C=O) groups is 3. The van der Waals surface area contributed by atoms with Gasteiger partial charge in [-0.25, -0.2) is 0 Å². The van der Waals surface area contributed by atoms with Gasteiger partial charge in [-0.1, -0.05) is 67.4 Å². The van der Waals surface area contributed by atoms with Gasteiger partial charge in [0.2, 0.25) is 17.7 Å². The standard InChI is InChI=1S/C25H28N2O3/c1-17(18-11-13-20(14-12-18)19-7-3-2-4-8-19)26-23(28)15-16-27-24(29)21-9-5-6-10-22(21)25(27)30/h2-4,7-8,11-14,17,21-22H,5-6,9-10,15-16H2,1H3,(H,26,28)/t17-,21+,22+/m0/s1. The minimum absolute atomic E-state index is 0.0814. The molecule has 156 valence electrons. The van der Waals surface area contributed by atoms with Crippen LogP contribution in [0.3, 0.4) is 0 Å². The average molecular weight is 405 g/mol. The summed E-state index contributed by atoms with van der Waals surface area (Å²) in [6.45, 7) is 2.12. The van der Waals surface area contributed by atoms with Crippen LogP contribution >= 0.6 is 0 Å². The number of likely N-dealkylation sites (tertiary alicyclic amines) is 1. The van der Waals surface area contributed by atoms with E-state index in [1.807, 2.05) is 37.3 Å². The summed E-state index contributed by atoms with van der Waals surface area (Å²) in [4.78, 5) is 38.8. The predicted molar refractivity (Wildman–Crippen MR) is 115 cm³/mol. The molecular formula is C25H28N2O3. The van der Waals surface area contributed by atoms with Crippen LogP contribution in [0.15, 0.2) is 54.6 Å². The van der Waals surface area contributed by atoms with E-state index in [9.17, 15) is 14.4 Å². The Morgan fingerprint density at radius 3 is 2.10 bits per heavy atom. The van der Waals surface area contributed by atoms with Gasteiger partial charge in [0, 0.05) is 13.0 Å². The maximum Gasteiger partial charge on any atom is 0.233 e. The number of amides is 3. The third kappa shape index (κ3) is 4.16. The molecule has 0 radical (unpaired) electrons. The first-order valence-corrected chi connectivity index (χ1v) is 10.8. The van der Waals surface area contributed by atoms with Crippen molar-refractivity contribution in [1.82, 2.24) is 10.2 Å². The first-order valence-electron chi connectivity index (χ1n) is 10.8. The first kappa shape index (κ1) is 20.3. The van der Waals surface area contributed by atoms with Gasteiger partial charge >= 0.3 is 0 Å². The van der Waals surface area contributed by atoms with E-state index in [0.29, 0.717) is 0 Å². The molecular weight excluding hydrogens is 376 g/mol. The zero-order chi connectivity index (χ0) is 21.1. The van der Waals surface area contributed by atoms with Gasteiger partial charge in [0.15, 0.2) is 0 Å². The van der Waals surface area contributed by atoms with Crippen LogP contribution in [0.2, 0.25) is 0 Å². The van der Waals surface area contributed by atoms with E-state index < -0.39 is 0 Å². The molecule has 4 rings (SSSR count). The highest BCUT2D eigenvalue weighted by molar-refractivity contribution is 6.05. The second kappa shape index (κ2) is 8.82. The Hall–Kier alpha value is -2.95. The lowest BCUT2D eigenvalue weighted by molar-refractivity contribution is -0.140. The van der Waals surface area contributed by atoms with Gasteiger partial charge in [0.05, 0.1) is 17.9 Å². The molecule has 3 amide bonds. The largest absolute Gasteiger partial charge is 0.350 e. The number of hydrogen-bond donors (Lipinski definition) is 1. The highest BCUT2D eigenvalue weighted by Gasteiger charge is 2.47. The Morgan fingerprint density at radius 2 is 1.50 bits per heavy atom. The van der Waals surface area contributed by atoms with Gasteiger partial charge in [0.25, 0.3) is 0 Å². The summed E-state index contributed by atoms with van der Waals surface area (Å²) >= 11 is 0. The molecule has 1 heterocycles. The number of hydrogen-bond acceptors (Lipinski definition) is 3. The lowest BCUT2D eigenvalue weighted by Crippen LogP contribution is -2.36. The SMILES string of the molecule is C[C@H](NC(=O)CCN1C(=O)[C@@H]2CCCC[C@H]2C1=O)c1ccc(-c2ccccc2)cc1. The fourth-order valence-electron chi connectivity index (χ4n) is 4.66. The fraction of sp³-hybridized carbons (Fsp3) is 0.400. The van der Waals surface area contributed by atoms with Crippen molar-refractivity contribution in [1.29, 1.82) is 0 Å². The second-order valence-corrected chi connectivity index (χ2v) is 8.35. The third-order valence-corrected chi connectivity index (χ3v) is 6.39. The Morgan fingerprint density at radius 1 is 0.933 bits per heavy atom. The zero-order valence-electron chi connectivity index (χ0n) is 17.3. The second-order valence-electron chi connectivity index (χ2n) is 8.35. The summed E-state index contributed by atoms with van der Waals surface area (Å²) in [6, 6.07) is 18.1. The fourth-order valence-corrected chi connectivity index (χ4v) is 4.66. The summed E-state index contributed by atoms with van der Waals surface area (Å²) in [7, 11) is 0. The number of nitrogens with zero attached hydrogens (tertiary/aromatic N) is 1. The van der Waals surface area contributed by atoms with E-state index >= 15 is 0 Å². The number of benzene rings is 2. The monoisotopic (exact) mass is 404 g/mol. The van der Waals surface area contributed by atoms with Crippen molar-refractivity contribution >= 4 is 17.7 Å². The van der Waals surface area contributed by atoms with E-state index in [-0.39, 0.29) is 48.6 Å². The van der Waals surface area contributed by atoms with Crippen LogP contribution in [0.1, 0.15) is 50.6 Å². The lowest BCUT2D eigenvalue weighted by Gasteiger charge is -2.19. The van der Waals surface area contributed by atoms with Crippen LogP contribution in [0.5, 0.6) is 0 Å². The molecule has 1 N–H and O–H groups in total. The number of carbonyl (C=O) groups excluding carboxylic acids is 3.